The molecule has 3 heteroatoms. The van der Waals surface area contributed by atoms with Gasteiger partial charge in [0.25, 0.3) is 0 Å². The van der Waals surface area contributed by atoms with E-state index in [4.69, 9.17) is 0 Å². The maximum atomic E-state index is 10.5. The van der Waals surface area contributed by atoms with Crippen LogP contribution in [-0.4, -0.2) is 18.3 Å². The zero-order valence-electron chi connectivity index (χ0n) is 5.64. The number of amidine groups is 1. The summed E-state index contributed by atoms with van der Waals surface area (Å²) in [5.74, 6) is 1.18. The van der Waals surface area contributed by atoms with Gasteiger partial charge in [-0.1, -0.05) is 13.8 Å². The van der Waals surface area contributed by atoms with Crippen molar-refractivity contribution >= 4 is 11.7 Å². The van der Waals surface area contributed by atoms with E-state index in [0.717, 1.165) is 5.84 Å². The lowest BCUT2D eigenvalue weighted by Gasteiger charge is -2.01. The first-order valence-electron chi connectivity index (χ1n) is 3.04. The molecule has 1 aliphatic heterocycles. The number of carbonyl (C=O) groups excluding carboxylic acids is 1. The number of nitrogens with one attached hydrogen (secondary N) is 1. The van der Waals surface area contributed by atoms with Crippen molar-refractivity contribution in [3.05, 3.63) is 0 Å². The maximum absolute atomic E-state index is 10.5. The molecule has 1 heterocycles. The molecule has 0 radical (unpaired) electrons. The molecule has 0 aromatic heterocycles. The molecule has 1 aliphatic rings. The Kier molecular flexibility index (Phi) is 1.51. The summed E-state index contributed by atoms with van der Waals surface area (Å²) in [6, 6.07) is 0. The number of hydrogen-bond acceptors (Lipinski definition) is 2. The second-order valence-electron chi connectivity index (χ2n) is 2.40. The Morgan fingerprint density at radius 2 is 2.33 bits per heavy atom. The second-order valence-corrected chi connectivity index (χ2v) is 2.40. The molecule has 1 N–H and O–H groups in total. The molecule has 0 aromatic carbocycles. The highest BCUT2D eigenvalue weighted by atomic mass is 16.2. The number of carbonyl (C=O) groups is 1. The first-order valence-corrected chi connectivity index (χ1v) is 3.04. The van der Waals surface area contributed by atoms with Crippen LogP contribution in [0.15, 0.2) is 4.99 Å². The van der Waals surface area contributed by atoms with Crippen molar-refractivity contribution in [3.63, 3.8) is 0 Å². The van der Waals surface area contributed by atoms with E-state index < -0.39 is 0 Å². The van der Waals surface area contributed by atoms with Crippen molar-refractivity contribution in [3.8, 4) is 0 Å². The predicted molar refractivity (Wildman–Crippen MR) is 35.3 cm³/mol. The van der Waals surface area contributed by atoms with Gasteiger partial charge in [-0.3, -0.25) is 9.79 Å². The van der Waals surface area contributed by atoms with Gasteiger partial charge < -0.3 is 5.32 Å². The third-order valence-electron chi connectivity index (χ3n) is 1.21. The minimum Gasteiger partial charge on any atom is -0.313 e. The lowest BCUT2D eigenvalue weighted by atomic mass is 10.2. The van der Waals surface area contributed by atoms with Gasteiger partial charge in [0.2, 0.25) is 5.91 Å². The van der Waals surface area contributed by atoms with Crippen molar-refractivity contribution < 1.29 is 4.79 Å². The van der Waals surface area contributed by atoms with E-state index in [1.165, 1.54) is 0 Å². The number of rotatable bonds is 1. The van der Waals surface area contributed by atoms with Crippen molar-refractivity contribution in [1.29, 1.82) is 0 Å². The van der Waals surface area contributed by atoms with E-state index in [1.54, 1.807) is 0 Å². The first-order chi connectivity index (χ1) is 4.20. The Morgan fingerprint density at radius 3 is 2.56 bits per heavy atom. The normalized spacial score (nSPS) is 18.1. The Labute approximate surface area is 54.2 Å². The van der Waals surface area contributed by atoms with Crippen molar-refractivity contribution in [2.75, 3.05) is 6.54 Å². The molecular formula is C6H10N2O. The van der Waals surface area contributed by atoms with Crippen molar-refractivity contribution in [2.24, 2.45) is 10.9 Å². The number of amides is 1. The van der Waals surface area contributed by atoms with Crippen LogP contribution in [0.1, 0.15) is 13.8 Å². The van der Waals surface area contributed by atoms with Crippen LogP contribution in [0.5, 0.6) is 0 Å². The van der Waals surface area contributed by atoms with Gasteiger partial charge in [-0.05, 0) is 0 Å². The third-order valence-corrected chi connectivity index (χ3v) is 1.21. The number of nitrogens with zero attached hydrogens (tertiary/aromatic N) is 1. The SMILES string of the molecule is CC(C)C1=NCC(=O)N1. The zero-order chi connectivity index (χ0) is 6.85. The van der Waals surface area contributed by atoms with Gasteiger partial charge in [0, 0.05) is 5.92 Å². The van der Waals surface area contributed by atoms with Gasteiger partial charge in [0.05, 0.1) is 0 Å². The van der Waals surface area contributed by atoms with Crippen LogP contribution in [0.3, 0.4) is 0 Å². The summed E-state index contributed by atoms with van der Waals surface area (Å²) in [5, 5.41) is 2.66. The minimum absolute atomic E-state index is 0.0127. The Bertz CT molecular complexity index is 160. The van der Waals surface area contributed by atoms with Gasteiger partial charge in [-0.25, -0.2) is 0 Å². The summed E-state index contributed by atoms with van der Waals surface area (Å²) < 4.78 is 0. The van der Waals surface area contributed by atoms with Crippen LogP contribution in [0, 0.1) is 5.92 Å². The fourth-order valence-electron chi connectivity index (χ4n) is 0.706. The Morgan fingerprint density at radius 1 is 1.67 bits per heavy atom. The maximum Gasteiger partial charge on any atom is 0.247 e. The quantitative estimate of drug-likeness (QED) is 0.534. The molecule has 9 heavy (non-hydrogen) atoms. The molecule has 0 saturated carbocycles. The van der Waals surface area contributed by atoms with Gasteiger partial charge in [0.1, 0.15) is 12.4 Å². The number of hydrogen-bond donors (Lipinski definition) is 1. The van der Waals surface area contributed by atoms with Crippen LogP contribution in [0.25, 0.3) is 0 Å². The van der Waals surface area contributed by atoms with E-state index in [1.807, 2.05) is 13.8 Å². The molecule has 0 spiro atoms. The van der Waals surface area contributed by atoms with E-state index in [9.17, 15) is 4.79 Å². The average molecular weight is 126 g/mol. The monoisotopic (exact) mass is 126 g/mol. The number of aliphatic imine (C=N–C) groups is 1. The highest BCUT2D eigenvalue weighted by molar-refractivity contribution is 6.04. The molecular weight excluding hydrogens is 116 g/mol. The zero-order valence-corrected chi connectivity index (χ0v) is 5.64. The van der Waals surface area contributed by atoms with Crippen LogP contribution in [0.4, 0.5) is 0 Å². The molecule has 0 saturated heterocycles. The van der Waals surface area contributed by atoms with Crippen molar-refractivity contribution in [1.82, 2.24) is 5.32 Å². The summed E-state index contributed by atoms with van der Waals surface area (Å²) in [6.07, 6.45) is 0. The van der Waals surface area contributed by atoms with Crippen LogP contribution < -0.4 is 5.32 Å². The Hall–Kier alpha value is -0.860. The van der Waals surface area contributed by atoms with E-state index in [0.29, 0.717) is 12.5 Å². The predicted octanol–water partition coefficient (Wildman–Crippen LogP) is 0.171. The van der Waals surface area contributed by atoms with Gasteiger partial charge >= 0.3 is 0 Å². The molecule has 3 nitrogen and oxygen atoms in total. The topological polar surface area (TPSA) is 41.5 Å². The molecule has 0 atom stereocenters. The summed E-state index contributed by atoms with van der Waals surface area (Å²) in [5.41, 5.74) is 0. The van der Waals surface area contributed by atoms with Crippen LogP contribution >= 0.6 is 0 Å². The summed E-state index contributed by atoms with van der Waals surface area (Å²) in [7, 11) is 0. The van der Waals surface area contributed by atoms with Gasteiger partial charge in [-0.2, -0.15) is 0 Å². The molecule has 1 amide bonds. The molecule has 0 aliphatic carbocycles. The summed E-state index contributed by atoms with van der Waals surface area (Å²) in [6.45, 7) is 4.32. The lowest BCUT2D eigenvalue weighted by molar-refractivity contribution is -0.117. The molecule has 50 valence electrons. The molecule has 1 rings (SSSR count). The fourth-order valence-corrected chi connectivity index (χ4v) is 0.706. The van der Waals surface area contributed by atoms with Crippen molar-refractivity contribution in [2.45, 2.75) is 13.8 Å². The van der Waals surface area contributed by atoms with Crippen LogP contribution in [0.2, 0.25) is 0 Å². The van der Waals surface area contributed by atoms with Gasteiger partial charge in [0.15, 0.2) is 0 Å². The Balaban J connectivity index is 2.55. The molecule has 0 unspecified atom stereocenters. The smallest absolute Gasteiger partial charge is 0.247 e. The van der Waals surface area contributed by atoms with Gasteiger partial charge in [-0.15, -0.1) is 0 Å². The fraction of sp³-hybridized carbons (Fsp3) is 0.667. The second kappa shape index (κ2) is 2.17. The first kappa shape index (κ1) is 6.26. The largest absolute Gasteiger partial charge is 0.313 e. The summed E-state index contributed by atoms with van der Waals surface area (Å²) in [4.78, 5) is 14.5. The van der Waals surface area contributed by atoms with Crippen LogP contribution in [-0.2, 0) is 4.79 Å². The minimum atomic E-state index is 0.0127. The molecule has 0 bridgehead atoms. The third kappa shape index (κ3) is 1.28. The molecule has 0 fully saturated rings. The van der Waals surface area contributed by atoms with E-state index in [-0.39, 0.29) is 5.91 Å². The molecule has 0 aromatic rings. The van der Waals surface area contributed by atoms with E-state index in [2.05, 4.69) is 10.3 Å². The highest BCUT2D eigenvalue weighted by Gasteiger charge is 2.14. The standard InChI is InChI=1S/C6H10N2O/c1-4(2)6-7-3-5(9)8-6/h4H,3H2,1-2H3,(H,7,8,9). The summed E-state index contributed by atoms with van der Waals surface area (Å²) >= 11 is 0. The highest BCUT2D eigenvalue weighted by Crippen LogP contribution is 1.98. The average Bonchev–Trinajstić information content (AvgIpc) is 2.14. The lowest BCUT2D eigenvalue weighted by Crippen LogP contribution is -2.27. The van der Waals surface area contributed by atoms with E-state index >= 15 is 0 Å².